The van der Waals surface area contributed by atoms with Crippen molar-refractivity contribution in [2.24, 2.45) is 0 Å². The van der Waals surface area contributed by atoms with E-state index in [1.807, 2.05) is 12.3 Å². The SMILES string of the molecule is c1ccc2c(c1)cc(-c1ccc3ccc4c(-n5c6ccccc6c6cccnc65)nc(-c5cc6ccccc6c6ccccc56)nc4c3n1)c1ccccc12. The van der Waals surface area contributed by atoms with Crippen LogP contribution in [0.5, 0.6) is 0 Å². The molecule has 0 fully saturated rings. The van der Waals surface area contributed by atoms with Crippen molar-refractivity contribution in [3.05, 3.63) is 176 Å². The maximum Gasteiger partial charge on any atom is 0.162 e. The molecule has 254 valence electrons. The van der Waals surface area contributed by atoms with E-state index in [0.717, 1.165) is 77.2 Å². The molecule has 0 atom stereocenters. The molecule has 0 aliphatic carbocycles. The topological polar surface area (TPSA) is 56.5 Å². The Morgan fingerprint density at radius 3 is 1.69 bits per heavy atom. The van der Waals surface area contributed by atoms with Gasteiger partial charge in [0.05, 0.1) is 16.7 Å². The summed E-state index contributed by atoms with van der Waals surface area (Å²) < 4.78 is 2.20. The van der Waals surface area contributed by atoms with Crippen molar-refractivity contribution < 1.29 is 0 Å². The van der Waals surface area contributed by atoms with Gasteiger partial charge in [-0.25, -0.2) is 19.9 Å². The average molecular weight is 700 g/mol. The van der Waals surface area contributed by atoms with Gasteiger partial charge in [-0.15, -0.1) is 0 Å². The summed E-state index contributed by atoms with van der Waals surface area (Å²) in [5.41, 5.74) is 6.48. The largest absolute Gasteiger partial charge is 0.277 e. The summed E-state index contributed by atoms with van der Waals surface area (Å²) in [4.78, 5) is 21.5. The Labute approximate surface area is 314 Å². The van der Waals surface area contributed by atoms with Gasteiger partial charge in [0.2, 0.25) is 0 Å². The molecule has 0 aliphatic heterocycles. The Morgan fingerprint density at radius 1 is 0.364 bits per heavy atom. The first-order chi connectivity index (χ1) is 27.3. The predicted molar refractivity (Wildman–Crippen MR) is 228 cm³/mol. The molecule has 0 saturated carbocycles. The maximum atomic E-state index is 5.52. The molecule has 55 heavy (non-hydrogen) atoms. The predicted octanol–water partition coefficient (Wildman–Crippen LogP) is 12.6. The molecule has 4 heterocycles. The van der Waals surface area contributed by atoms with Crippen LogP contribution in [0.4, 0.5) is 0 Å². The molecule has 0 amide bonds. The van der Waals surface area contributed by atoms with Crippen LogP contribution in [0.25, 0.3) is 115 Å². The monoisotopic (exact) mass is 699 g/mol. The zero-order chi connectivity index (χ0) is 36.0. The molecule has 0 aliphatic rings. The van der Waals surface area contributed by atoms with Crippen LogP contribution < -0.4 is 0 Å². The zero-order valence-electron chi connectivity index (χ0n) is 29.5. The third kappa shape index (κ3) is 4.41. The summed E-state index contributed by atoms with van der Waals surface area (Å²) in [6, 6.07) is 60.0. The second-order valence-corrected chi connectivity index (χ2v) is 14.2. The van der Waals surface area contributed by atoms with Gasteiger partial charge in [-0.3, -0.25) is 4.57 Å². The molecule has 8 aromatic carbocycles. The number of fused-ring (bicyclic) bond motifs is 12. The number of para-hydroxylation sites is 1. The van der Waals surface area contributed by atoms with Gasteiger partial charge in [-0.2, -0.15) is 0 Å². The normalized spacial score (nSPS) is 12.0. The molecule has 0 unspecified atom stereocenters. The van der Waals surface area contributed by atoms with Crippen LogP contribution in [0.15, 0.2) is 176 Å². The minimum atomic E-state index is 0.641. The fourth-order valence-electron chi connectivity index (χ4n) is 8.72. The van der Waals surface area contributed by atoms with Crippen molar-refractivity contribution in [1.82, 2.24) is 24.5 Å². The van der Waals surface area contributed by atoms with Crippen molar-refractivity contribution in [2.45, 2.75) is 0 Å². The highest BCUT2D eigenvalue weighted by Crippen LogP contribution is 2.40. The zero-order valence-corrected chi connectivity index (χ0v) is 29.5. The lowest BCUT2D eigenvalue weighted by molar-refractivity contribution is 1.06. The lowest BCUT2D eigenvalue weighted by Gasteiger charge is -2.16. The van der Waals surface area contributed by atoms with Crippen LogP contribution in [0, 0.1) is 0 Å². The molecule has 0 radical (unpaired) electrons. The number of benzene rings is 8. The third-order valence-corrected chi connectivity index (χ3v) is 11.2. The van der Waals surface area contributed by atoms with Gasteiger partial charge in [-0.05, 0) is 85.6 Å². The minimum Gasteiger partial charge on any atom is -0.277 e. The van der Waals surface area contributed by atoms with E-state index in [1.54, 1.807) is 0 Å². The molecule has 5 nitrogen and oxygen atoms in total. The lowest BCUT2D eigenvalue weighted by Crippen LogP contribution is -2.04. The first-order valence-electron chi connectivity index (χ1n) is 18.6. The van der Waals surface area contributed by atoms with Gasteiger partial charge in [-0.1, -0.05) is 127 Å². The van der Waals surface area contributed by atoms with Crippen LogP contribution >= 0.6 is 0 Å². The summed E-state index contributed by atoms with van der Waals surface area (Å²) in [6.07, 6.45) is 1.86. The molecule has 12 aromatic rings. The van der Waals surface area contributed by atoms with Crippen molar-refractivity contribution in [1.29, 1.82) is 0 Å². The van der Waals surface area contributed by atoms with E-state index in [2.05, 4.69) is 168 Å². The van der Waals surface area contributed by atoms with E-state index in [0.29, 0.717) is 5.82 Å². The van der Waals surface area contributed by atoms with Crippen molar-refractivity contribution in [3.63, 3.8) is 0 Å². The number of hydrogen-bond acceptors (Lipinski definition) is 4. The van der Waals surface area contributed by atoms with Gasteiger partial charge in [0, 0.05) is 38.9 Å². The molecule has 5 heteroatoms. The van der Waals surface area contributed by atoms with Crippen LogP contribution in [0.2, 0.25) is 0 Å². The molecule has 4 aromatic heterocycles. The molecule has 12 rings (SSSR count). The minimum absolute atomic E-state index is 0.641. The lowest BCUT2D eigenvalue weighted by atomic mass is 9.95. The molecule has 0 bridgehead atoms. The molecule has 0 saturated heterocycles. The number of nitrogens with zero attached hydrogens (tertiary/aromatic N) is 5. The Balaban J connectivity index is 1.22. The van der Waals surface area contributed by atoms with Gasteiger partial charge in [0.25, 0.3) is 0 Å². The quantitative estimate of drug-likeness (QED) is 0.172. The summed E-state index contributed by atoms with van der Waals surface area (Å²) in [7, 11) is 0. The van der Waals surface area contributed by atoms with Gasteiger partial charge in [0.15, 0.2) is 11.6 Å². The van der Waals surface area contributed by atoms with Crippen LogP contribution in [-0.4, -0.2) is 24.5 Å². The van der Waals surface area contributed by atoms with Gasteiger partial charge in [0.1, 0.15) is 11.2 Å². The fourth-order valence-corrected chi connectivity index (χ4v) is 8.72. The first kappa shape index (κ1) is 30.0. The van der Waals surface area contributed by atoms with Crippen molar-refractivity contribution >= 4 is 86.8 Å². The maximum absolute atomic E-state index is 5.52. The number of aromatic nitrogens is 5. The summed E-state index contributed by atoms with van der Waals surface area (Å²) >= 11 is 0. The van der Waals surface area contributed by atoms with E-state index in [4.69, 9.17) is 19.9 Å². The Morgan fingerprint density at radius 2 is 0.945 bits per heavy atom. The molecule has 0 spiro atoms. The third-order valence-electron chi connectivity index (χ3n) is 11.2. The van der Waals surface area contributed by atoms with Gasteiger partial charge >= 0.3 is 0 Å². The Bertz CT molecular complexity index is 3510. The van der Waals surface area contributed by atoms with E-state index >= 15 is 0 Å². The summed E-state index contributed by atoms with van der Waals surface area (Å²) in [5.74, 6) is 1.41. The van der Waals surface area contributed by atoms with Gasteiger partial charge < -0.3 is 0 Å². The second-order valence-electron chi connectivity index (χ2n) is 14.2. The van der Waals surface area contributed by atoms with Crippen molar-refractivity contribution in [2.75, 3.05) is 0 Å². The standard InChI is InChI=1S/C50H29N5/c1-3-14-33-31(12-1)28-42(37-18-7-5-16-35(33)37)44-26-24-30-23-25-41-47(46(30)52-44)53-48(43-29-32-13-2-4-15-34(32)36-17-6-8-19-38(36)43)54-50(41)55-45-22-10-9-20-39(45)40-21-11-27-51-49(40)55/h1-29H. The average Bonchev–Trinajstić information content (AvgIpc) is 3.59. The fraction of sp³-hybridized carbons (Fsp3) is 0. The highest BCUT2D eigenvalue weighted by molar-refractivity contribution is 6.16. The van der Waals surface area contributed by atoms with E-state index in [-0.39, 0.29) is 0 Å². The highest BCUT2D eigenvalue weighted by Gasteiger charge is 2.21. The number of pyridine rings is 2. The van der Waals surface area contributed by atoms with E-state index < -0.39 is 0 Å². The summed E-state index contributed by atoms with van der Waals surface area (Å²) in [5, 5.41) is 13.5. The van der Waals surface area contributed by atoms with Crippen LogP contribution in [-0.2, 0) is 0 Å². The Hall–Kier alpha value is -7.50. The molecular formula is C50H29N5. The first-order valence-corrected chi connectivity index (χ1v) is 18.6. The van der Waals surface area contributed by atoms with Crippen LogP contribution in [0.3, 0.4) is 0 Å². The number of hydrogen-bond donors (Lipinski definition) is 0. The summed E-state index contributed by atoms with van der Waals surface area (Å²) in [6.45, 7) is 0. The Kier molecular flexibility index (Phi) is 6.27. The van der Waals surface area contributed by atoms with Crippen LogP contribution in [0.1, 0.15) is 0 Å². The second kappa shape index (κ2) is 11.5. The van der Waals surface area contributed by atoms with E-state index in [1.165, 1.54) is 32.3 Å². The molecule has 0 N–H and O–H groups in total. The number of rotatable bonds is 3. The highest BCUT2D eigenvalue weighted by atomic mass is 15.1. The van der Waals surface area contributed by atoms with E-state index in [9.17, 15) is 0 Å². The smallest absolute Gasteiger partial charge is 0.162 e. The van der Waals surface area contributed by atoms with Crippen molar-refractivity contribution in [3.8, 4) is 28.5 Å². The molecular weight excluding hydrogens is 671 g/mol.